The fourth-order valence-corrected chi connectivity index (χ4v) is 2.67. The minimum Gasteiger partial charge on any atom is -0.369 e. The molecule has 5 nitrogen and oxygen atoms in total. The summed E-state index contributed by atoms with van der Waals surface area (Å²) in [5.41, 5.74) is 0. The molecule has 7 heteroatoms. The summed E-state index contributed by atoms with van der Waals surface area (Å²) in [6.45, 7) is 2.21. The molecule has 0 aromatic carbocycles. The molecular weight excluding hydrogens is 382 g/mol. The average Bonchev–Trinajstić information content (AvgIpc) is 2.70. The number of unbranched alkanes of at least 4 members (excludes halogenated alkanes) is 4. The van der Waals surface area contributed by atoms with Gasteiger partial charge in [0, 0.05) is 13.5 Å². The molecule has 0 aliphatic heterocycles. The van der Waals surface area contributed by atoms with Crippen LogP contribution in [0.3, 0.4) is 0 Å². The van der Waals surface area contributed by atoms with E-state index in [0.717, 1.165) is 26.4 Å². The second kappa shape index (κ2) is 18.9. The lowest BCUT2D eigenvalue weighted by Gasteiger charge is -2.09. The van der Waals surface area contributed by atoms with Crippen molar-refractivity contribution in [3.8, 4) is 0 Å². The highest BCUT2D eigenvalue weighted by Gasteiger charge is 2.30. The highest BCUT2D eigenvalue weighted by Crippen LogP contribution is 2.49. The lowest BCUT2D eigenvalue weighted by molar-refractivity contribution is -0.140. The van der Waals surface area contributed by atoms with Crippen LogP contribution in [-0.2, 0) is 23.1 Å². The van der Waals surface area contributed by atoms with Crippen LogP contribution in [0.25, 0.3) is 0 Å². The molecule has 0 aromatic rings. The van der Waals surface area contributed by atoms with Gasteiger partial charge in [-0.2, -0.15) is 0 Å². The third-order valence-electron chi connectivity index (χ3n) is 3.73. The van der Waals surface area contributed by atoms with Gasteiger partial charge in [-0.3, -0.25) is 9.32 Å². The molecule has 0 spiro atoms. The molecule has 0 rings (SSSR count). The van der Waals surface area contributed by atoms with Gasteiger partial charge in [0.1, 0.15) is 0 Å². The zero-order chi connectivity index (χ0) is 20.9. The van der Waals surface area contributed by atoms with Gasteiger partial charge in [0.2, 0.25) is 0 Å². The van der Waals surface area contributed by atoms with Crippen molar-refractivity contribution in [1.82, 2.24) is 0 Å². The number of hydrogen-bond donors (Lipinski definition) is 0. The SMILES string of the molecule is CCCCC/C=C\C/C=C\C/C=C\C/C=C\CCCC(=O)OP(=O)(OC)OF. The van der Waals surface area contributed by atoms with Crippen LogP contribution in [0.1, 0.15) is 71.1 Å². The fourth-order valence-electron chi connectivity index (χ4n) is 2.18. The summed E-state index contributed by atoms with van der Waals surface area (Å²) >= 11 is 0. The van der Waals surface area contributed by atoms with Crippen molar-refractivity contribution in [1.29, 1.82) is 0 Å². The summed E-state index contributed by atoms with van der Waals surface area (Å²) in [6.07, 6.45) is 25.9. The number of phosphoric ester groups is 1. The molecule has 0 amide bonds. The van der Waals surface area contributed by atoms with Gasteiger partial charge < -0.3 is 4.52 Å². The van der Waals surface area contributed by atoms with Crippen molar-refractivity contribution >= 4 is 13.8 Å². The van der Waals surface area contributed by atoms with Crippen LogP contribution in [0, 0.1) is 0 Å². The number of hydrogen-bond acceptors (Lipinski definition) is 5. The van der Waals surface area contributed by atoms with E-state index < -0.39 is 13.8 Å². The van der Waals surface area contributed by atoms with Gasteiger partial charge in [0.05, 0.1) is 0 Å². The smallest absolute Gasteiger partial charge is 0.369 e. The Hall–Kier alpha value is -1.49. The van der Waals surface area contributed by atoms with E-state index in [1.54, 1.807) is 0 Å². The first-order valence-electron chi connectivity index (χ1n) is 9.86. The summed E-state index contributed by atoms with van der Waals surface area (Å²) in [5.74, 6) is -0.821. The van der Waals surface area contributed by atoms with Crippen molar-refractivity contribution < 1.29 is 27.7 Å². The van der Waals surface area contributed by atoms with Crippen LogP contribution in [-0.4, -0.2) is 13.1 Å². The maximum absolute atomic E-state index is 12.0. The third kappa shape index (κ3) is 16.7. The van der Waals surface area contributed by atoms with Gasteiger partial charge in [-0.1, -0.05) is 73.1 Å². The molecule has 0 heterocycles. The van der Waals surface area contributed by atoms with E-state index in [0.29, 0.717) is 12.8 Å². The molecular formula is C21H34FO5P. The van der Waals surface area contributed by atoms with Crippen molar-refractivity contribution in [3.63, 3.8) is 0 Å². The summed E-state index contributed by atoms with van der Waals surface area (Å²) in [5, 5.41) is 0. The predicted molar refractivity (Wildman–Crippen MR) is 111 cm³/mol. The summed E-state index contributed by atoms with van der Waals surface area (Å²) in [4.78, 5) is 11.4. The van der Waals surface area contributed by atoms with Crippen LogP contribution >= 0.6 is 7.82 Å². The normalized spacial score (nSPS) is 14.5. The van der Waals surface area contributed by atoms with Crippen molar-refractivity contribution in [2.75, 3.05) is 7.11 Å². The molecule has 28 heavy (non-hydrogen) atoms. The fraction of sp³-hybridized carbons (Fsp3) is 0.571. The molecule has 0 saturated heterocycles. The highest BCUT2D eigenvalue weighted by molar-refractivity contribution is 7.48. The quantitative estimate of drug-likeness (QED) is 0.141. The van der Waals surface area contributed by atoms with E-state index >= 15 is 0 Å². The molecule has 160 valence electrons. The van der Waals surface area contributed by atoms with Gasteiger partial charge in [0.25, 0.3) is 0 Å². The van der Waals surface area contributed by atoms with E-state index in [1.807, 2.05) is 12.2 Å². The predicted octanol–water partition coefficient (Wildman–Crippen LogP) is 7.33. The Morgan fingerprint density at radius 1 is 0.857 bits per heavy atom. The topological polar surface area (TPSA) is 61.8 Å². The first-order valence-corrected chi connectivity index (χ1v) is 11.3. The Morgan fingerprint density at radius 2 is 1.36 bits per heavy atom. The molecule has 1 atom stereocenters. The number of rotatable bonds is 17. The highest BCUT2D eigenvalue weighted by atomic mass is 31.2. The van der Waals surface area contributed by atoms with E-state index in [2.05, 4.69) is 57.2 Å². The summed E-state index contributed by atoms with van der Waals surface area (Å²) in [7, 11) is -3.45. The first kappa shape index (κ1) is 26.5. The van der Waals surface area contributed by atoms with Gasteiger partial charge in [0.15, 0.2) is 0 Å². The largest absolute Gasteiger partial charge is 0.563 e. The number of halogens is 1. The van der Waals surface area contributed by atoms with E-state index in [4.69, 9.17) is 0 Å². The lowest BCUT2D eigenvalue weighted by atomic mass is 10.2. The molecule has 0 N–H and O–H groups in total. The van der Waals surface area contributed by atoms with Gasteiger partial charge in [-0.05, 0) is 49.5 Å². The first-order chi connectivity index (χ1) is 13.6. The van der Waals surface area contributed by atoms with Crippen molar-refractivity contribution in [2.24, 2.45) is 0 Å². The van der Waals surface area contributed by atoms with Gasteiger partial charge in [-0.25, -0.2) is 4.57 Å². The maximum Gasteiger partial charge on any atom is 0.563 e. The second-order valence-corrected chi connectivity index (χ2v) is 7.72. The Kier molecular flexibility index (Phi) is 17.9. The zero-order valence-electron chi connectivity index (χ0n) is 17.1. The van der Waals surface area contributed by atoms with Gasteiger partial charge >= 0.3 is 13.8 Å². The molecule has 0 fully saturated rings. The van der Waals surface area contributed by atoms with E-state index in [1.165, 1.54) is 25.7 Å². The number of allylic oxidation sites excluding steroid dienone is 8. The van der Waals surface area contributed by atoms with Gasteiger partial charge in [-0.15, -0.1) is 0 Å². The summed E-state index contributed by atoms with van der Waals surface area (Å²) in [6, 6.07) is 0. The molecule has 0 aromatic heterocycles. The second-order valence-electron chi connectivity index (χ2n) is 6.14. The molecule has 0 saturated carbocycles. The minimum absolute atomic E-state index is 0.00866. The monoisotopic (exact) mass is 416 g/mol. The standard InChI is InChI=1S/C21H34FO5P/c1-3-4-5-6-7-8-9-10-11-12-13-14-15-16-17-18-19-20-21(23)26-28(24,25-2)27-22/h7-8,10-11,13-14,16-17H,3-6,9,12,15,18-20H2,1-2H3/b8-7-,11-10-,14-13-,17-16-. The Morgan fingerprint density at radius 3 is 1.82 bits per heavy atom. The molecule has 1 unspecified atom stereocenters. The van der Waals surface area contributed by atoms with E-state index in [9.17, 15) is 13.9 Å². The Bertz CT molecular complexity index is 547. The lowest BCUT2D eigenvalue weighted by Crippen LogP contribution is -2.03. The third-order valence-corrected chi connectivity index (χ3v) is 4.77. The number of phosphoric acid groups is 1. The molecule has 0 radical (unpaired) electrons. The van der Waals surface area contributed by atoms with Crippen LogP contribution in [0.2, 0.25) is 0 Å². The van der Waals surface area contributed by atoms with Crippen molar-refractivity contribution in [3.05, 3.63) is 48.6 Å². The van der Waals surface area contributed by atoms with Crippen LogP contribution in [0.15, 0.2) is 48.6 Å². The molecule has 0 aliphatic rings. The number of carbonyl (C=O) groups is 1. The van der Waals surface area contributed by atoms with Crippen LogP contribution in [0.5, 0.6) is 0 Å². The van der Waals surface area contributed by atoms with E-state index in [-0.39, 0.29) is 6.42 Å². The maximum atomic E-state index is 12.0. The number of carbonyl (C=O) groups excluding carboxylic acids is 1. The molecule has 0 bridgehead atoms. The van der Waals surface area contributed by atoms with Crippen LogP contribution in [0.4, 0.5) is 4.53 Å². The Labute approximate surface area is 168 Å². The molecule has 0 aliphatic carbocycles. The minimum atomic E-state index is -4.38. The summed E-state index contributed by atoms with van der Waals surface area (Å²) < 4.78 is 34.8. The van der Waals surface area contributed by atoms with Crippen LogP contribution < -0.4 is 0 Å². The average molecular weight is 416 g/mol. The zero-order valence-corrected chi connectivity index (χ0v) is 18.0. The Balaban J connectivity index is 3.65. The van der Waals surface area contributed by atoms with Crippen molar-refractivity contribution in [2.45, 2.75) is 71.1 Å².